The Hall–Kier alpha value is -2.24. The minimum Gasteiger partial charge on any atom is -0.352 e. The molecule has 1 rings (SSSR count). The Morgan fingerprint density at radius 3 is 0.714 bits per heavy atom. The van der Waals surface area contributed by atoms with Gasteiger partial charge in [-0.2, -0.15) is 0 Å². The lowest BCUT2D eigenvalue weighted by Crippen LogP contribution is -2.18. The second-order valence-corrected chi connectivity index (χ2v) is 1.96. The lowest BCUT2D eigenvalue weighted by atomic mass is 10.4. The number of rotatable bonds is 0. The first-order chi connectivity index (χ1) is 6.46. The molecule has 8 N–H and O–H groups in total. The Morgan fingerprint density at radius 2 is 0.643 bits per heavy atom. The van der Waals surface area contributed by atoms with Crippen molar-refractivity contribution in [2.24, 2.45) is 22.9 Å². The van der Waals surface area contributed by atoms with E-state index in [-0.39, 0.29) is 0 Å². The SMILES string of the molecule is NC(N)=O.NC(N)=O.c1ccccc1. The lowest BCUT2D eigenvalue weighted by Gasteiger charge is -1.69. The van der Waals surface area contributed by atoms with Crippen molar-refractivity contribution in [2.75, 3.05) is 0 Å². The van der Waals surface area contributed by atoms with Gasteiger partial charge in [0, 0.05) is 0 Å². The number of amides is 4. The summed E-state index contributed by atoms with van der Waals surface area (Å²) in [4.78, 5) is 18.0. The minimum atomic E-state index is -0.833. The van der Waals surface area contributed by atoms with Crippen molar-refractivity contribution in [3.63, 3.8) is 0 Å². The van der Waals surface area contributed by atoms with Crippen LogP contribution in [0.15, 0.2) is 36.4 Å². The molecule has 6 nitrogen and oxygen atoms in total. The van der Waals surface area contributed by atoms with Crippen molar-refractivity contribution in [3.05, 3.63) is 36.4 Å². The topological polar surface area (TPSA) is 138 Å². The van der Waals surface area contributed by atoms with Crippen LogP contribution in [0.1, 0.15) is 0 Å². The summed E-state index contributed by atoms with van der Waals surface area (Å²) in [6.45, 7) is 0. The zero-order chi connectivity index (χ0) is 11.4. The molecule has 0 aliphatic rings. The maximum Gasteiger partial charge on any atom is 0.309 e. The van der Waals surface area contributed by atoms with Gasteiger partial charge in [-0.25, -0.2) is 9.59 Å². The van der Waals surface area contributed by atoms with Crippen molar-refractivity contribution < 1.29 is 9.59 Å². The fourth-order valence-electron chi connectivity index (χ4n) is 0.385. The van der Waals surface area contributed by atoms with Crippen LogP contribution in [0.4, 0.5) is 9.59 Å². The largest absolute Gasteiger partial charge is 0.352 e. The van der Waals surface area contributed by atoms with E-state index in [1.54, 1.807) is 0 Å². The predicted molar refractivity (Wildman–Crippen MR) is 54.0 cm³/mol. The number of primary amides is 4. The van der Waals surface area contributed by atoms with Crippen molar-refractivity contribution in [3.8, 4) is 0 Å². The number of nitrogens with two attached hydrogens (primary N) is 4. The van der Waals surface area contributed by atoms with E-state index in [1.165, 1.54) is 0 Å². The maximum atomic E-state index is 9.00. The zero-order valence-corrected chi connectivity index (χ0v) is 7.59. The molecule has 0 saturated carbocycles. The van der Waals surface area contributed by atoms with E-state index < -0.39 is 12.1 Å². The highest BCUT2D eigenvalue weighted by atomic mass is 16.2. The molecule has 0 bridgehead atoms. The Balaban J connectivity index is 0. The summed E-state index contributed by atoms with van der Waals surface area (Å²) in [5.41, 5.74) is 17.0. The van der Waals surface area contributed by atoms with Crippen molar-refractivity contribution in [2.45, 2.75) is 0 Å². The highest BCUT2D eigenvalue weighted by molar-refractivity contribution is 5.69. The average Bonchev–Trinajstić information content (AvgIpc) is 2.05. The molecule has 78 valence electrons. The highest BCUT2D eigenvalue weighted by Gasteiger charge is 1.61. The van der Waals surface area contributed by atoms with Crippen LogP contribution >= 0.6 is 0 Å². The lowest BCUT2D eigenvalue weighted by molar-refractivity contribution is 0.255. The number of carbonyl (C=O) groups excluding carboxylic acids is 2. The number of hydrogen-bond donors (Lipinski definition) is 4. The van der Waals surface area contributed by atoms with E-state index in [9.17, 15) is 0 Å². The molecule has 6 heteroatoms. The summed E-state index contributed by atoms with van der Waals surface area (Å²) in [5, 5.41) is 0. The molecule has 1 aromatic rings. The molecule has 0 aromatic heterocycles. The molecule has 4 amide bonds. The van der Waals surface area contributed by atoms with Gasteiger partial charge < -0.3 is 22.9 Å². The molecule has 0 spiro atoms. The molecule has 0 heterocycles. The van der Waals surface area contributed by atoms with Gasteiger partial charge in [-0.1, -0.05) is 36.4 Å². The van der Waals surface area contributed by atoms with Gasteiger partial charge in [-0.05, 0) is 0 Å². The van der Waals surface area contributed by atoms with Crippen LogP contribution in [0.3, 0.4) is 0 Å². The number of carbonyl (C=O) groups is 2. The monoisotopic (exact) mass is 198 g/mol. The smallest absolute Gasteiger partial charge is 0.309 e. The summed E-state index contributed by atoms with van der Waals surface area (Å²) in [6, 6.07) is 10.3. The van der Waals surface area contributed by atoms with Crippen molar-refractivity contribution >= 4 is 12.1 Å². The Labute approximate surface area is 81.9 Å². The summed E-state index contributed by atoms with van der Waals surface area (Å²) in [5.74, 6) is 0. The zero-order valence-electron chi connectivity index (χ0n) is 7.59. The molecular formula is C8H14N4O2. The first-order valence-corrected chi connectivity index (χ1v) is 3.56. The van der Waals surface area contributed by atoms with Crippen molar-refractivity contribution in [1.29, 1.82) is 0 Å². The van der Waals surface area contributed by atoms with E-state index in [0.717, 1.165) is 0 Å². The van der Waals surface area contributed by atoms with Crippen LogP contribution in [0.2, 0.25) is 0 Å². The van der Waals surface area contributed by atoms with Gasteiger partial charge in [-0.3, -0.25) is 0 Å². The van der Waals surface area contributed by atoms with Crippen LogP contribution in [0, 0.1) is 0 Å². The Kier molecular flexibility index (Phi) is 11.0. The van der Waals surface area contributed by atoms with Crippen LogP contribution in [0.25, 0.3) is 0 Å². The Bertz CT molecular complexity index is 204. The summed E-state index contributed by atoms with van der Waals surface area (Å²) in [6.07, 6.45) is 0. The van der Waals surface area contributed by atoms with Crippen molar-refractivity contribution in [1.82, 2.24) is 0 Å². The molecule has 0 radical (unpaired) electrons. The van der Waals surface area contributed by atoms with Gasteiger partial charge in [0.1, 0.15) is 0 Å². The van der Waals surface area contributed by atoms with Crippen LogP contribution < -0.4 is 22.9 Å². The van der Waals surface area contributed by atoms with E-state index in [2.05, 4.69) is 22.9 Å². The van der Waals surface area contributed by atoms with Gasteiger partial charge >= 0.3 is 12.1 Å². The van der Waals surface area contributed by atoms with E-state index in [4.69, 9.17) is 9.59 Å². The first-order valence-electron chi connectivity index (χ1n) is 3.56. The fraction of sp³-hybridized carbons (Fsp3) is 0. The quantitative estimate of drug-likeness (QED) is 0.456. The predicted octanol–water partition coefficient (Wildman–Crippen LogP) is -0.266. The fourth-order valence-corrected chi connectivity index (χ4v) is 0.385. The second kappa shape index (κ2) is 10.8. The Morgan fingerprint density at radius 1 is 0.571 bits per heavy atom. The van der Waals surface area contributed by atoms with Gasteiger partial charge in [0.2, 0.25) is 0 Å². The maximum absolute atomic E-state index is 9.00. The third kappa shape index (κ3) is 53.0. The van der Waals surface area contributed by atoms with Gasteiger partial charge in [0.25, 0.3) is 0 Å². The summed E-state index contributed by atoms with van der Waals surface area (Å²) in [7, 11) is 0. The van der Waals surface area contributed by atoms with Crippen LogP contribution in [-0.4, -0.2) is 12.1 Å². The molecule has 14 heavy (non-hydrogen) atoms. The molecule has 0 atom stereocenters. The average molecular weight is 198 g/mol. The number of benzene rings is 1. The normalized spacial score (nSPS) is 6.86. The van der Waals surface area contributed by atoms with Gasteiger partial charge in [-0.15, -0.1) is 0 Å². The third-order valence-corrected chi connectivity index (χ3v) is 0.667. The number of urea groups is 2. The van der Waals surface area contributed by atoms with Crippen LogP contribution in [-0.2, 0) is 0 Å². The summed E-state index contributed by atoms with van der Waals surface area (Å²) >= 11 is 0. The first kappa shape index (κ1) is 14.3. The van der Waals surface area contributed by atoms with E-state index in [1.807, 2.05) is 36.4 Å². The molecule has 0 fully saturated rings. The van der Waals surface area contributed by atoms with E-state index >= 15 is 0 Å². The van der Waals surface area contributed by atoms with Crippen LogP contribution in [0.5, 0.6) is 0 Å². The summed E-state index contributed by atoms with van der Waals surface area (Å²) < 4.78 is 0. The molecular weight excluding hydrogens is 184 g/mol. The van der Waals surface area contributed by atoms with E-state index in [0.29, 0.717) is 0 Å². The third-order valence-electron chi connectivity index (χ3n) is 0.667. The molecule has 0 aliphatic heterocycles. The number of hydrogen-bond acceptors (Lipinski definition) is 2. The molecule has 0 aliphatic carbocycles. The molecule has 0 saturated heterocycles. The molecule has 0 unspecified atom stereocenters. The second-order valence-electron chi connectivity index (χ2n) is 1.96. The minimum absolute atomic E-state index is 0.833. The van der Waals surface area contributed by atoms with Gasteiger partial charge in [0.05, 0.1) is 0 Å². The molecule has 1 aromatic carbocycles. The standard InChI is InChI=1S/C6H6.2CH4N2O/c1-2-4-6-5-3-1;2*2-1(3)4/h1-6H;2*(H4,2,3,4). The van der Waals surface area contributed by atoms with Gasteiger partial charge in [0.15, 0.2) is 0 Å². The highest BCUT2D eigenvalue weighted by Crippen LogP contribution is 1.79.